The highest BCUT2D eigenvalue weighted by atomic mass is 19.1. The lowest BCUT2D eigenvalue weighted by Gasteiger charge is -2.25. The maximum absolute atomic E-state index is 14.0. The first-order valence-corrected chi connectivity index (χ1v) is 8.25. The third kappa shape index (κ3) is 4.55. The second kappa shape index (κ2) is 8.29. The van der Waals surface area contributed by atoms with Crippen molar-refractivity contribution < 1.29 is 13.5 Å². The molecule has 0 saturated heterocycles. The van der Waals surface area contributed by atoms with E-state index in [-0.39, 0.29) is 11.5 Å². The quantitative estimate of drug-likeness (QED) is 0.722. The third-order valence-corrected chi connectivity index (χ3v) is 4.12. The van der Waals surface area contributed by atoms with Gasteiger partial charge in [0.2, 0.25) is 0 Å². The van der Waals surface area contributed by atoms with Crippen LogP contribution in [0.3, 0.4) is 0 Å². The van der Waals surface area contributed by atoms with Crippen LogP contribution < -0.4 is 0 Å². The number of benzene rings is 1. The molecule has 0 heterocycles. The molecular formula is C19H24F2O. The molecule has 1 aromatic carbocycles. The first kappa shape index (κ1) is 17.0. The second-order valence-corrected chi connectivity index (χ2v) is 5.88. The summed E-state index contributed by atoms with van der Waals surface area (Å²) in [6.07, 6.45) is 5.71. The van der Waals surface area contributed by atoms with E-state index >= 15 is 0 Å². The SMILES string of the molecule is CCCc1cc(F)c(C#CC2CCC(OCC)CC2)c(F)c1. The Hall–Kier alpha value is -1.40. The molecule has 0 bridgehead atoms. The van der Waals surface area contributed by atoms with Gasteiger partial charge >= 0.3 is 0 Å². The fourth-order valence-corrected chi connectivity index (χ4v) is 2.96. The Bertz CT molecular complexity index is 525. The molecule has 1 saturated carbocycles. The van der Waals surface area contributed by atoms with E-state index in [4.69, 9.17) is 4.74 Å². The molecule has 3 heteroatoms. The Morgan fingerprint density at radius 2 is 1.73 bits per heavy atom. The van der Waals surface area contributed by atoms with Crippen LogP contribution in [0.2, 0.25) is 0 Å². The monoisotopic (exact) mass is 306 g/mol. The zero-order valence-corrected chi connectivity index (χ0v) is 13.4. The number of hydrogen-bond acceptors (Lipinski definition) is 1. The predicted octanol–water partition coefficient (Wildman–Crippen LogP) is 4.86. The topological polar surface area (TPSA) is 9.23 Å². The van der Waals surface area contributed by atoms with E-state index < -0.39 is 11.6 Å². The summed E-state index contributed by atoms with van der Waals surface area (Å²) in [5, 5.41) is 0. The molecule has 0 atom stereocenters. The molecule has 0 aromatic heterocycles. The van der Waals surface area contributed by atoms with Gasteiger partial charge in [0.15, 0.2) is 0 Å². The van der Waals surface area contributed by atoms with E-state index in [9.17, 15) is 8.78 Å². The fourth-order valence-electron chi connectivity index (χ4n) is 2.96. The molecule has 22 heavy (non-hydrogen) atoms. The fraction of sp³-hybridized carbons (Fsp3) is 0.579. The van der Waals surface area contributed by atoms with Gasteiger partial charge in [0.25, 0.3) is 0 Å². The van der Waals surface area contributed by atoms with Crippen LogP contribution in [0.5, 0.6) is 0 Å². The van der Waals surface area contributed by atoms with Gasteiger partial charge in [-0.25, -0.2) is 8.78 Å². The maximum Gasteiger partial charge on any atom is 0.142 e. The average molecular weight is 306 g/mol. The van der Waals surface area contributed by atoms with Crippen LogP contribution in [-0.2, 0) is 11.2 Å². The minimum absolute atomic E-state index is 0.0909. The molecule has 0 unspecified atom stereocenters. The molecule has 1 aliphatic rings. The van der Waals surface area contributed by atoms with Gasteiger partial charge in [-0.1, -0.05) is 25.2 Å². The van der Waals surface area contributed by atoms with Crippen LogP contribution in [0, 0.1) is 29.4 Å². The van der Waals surface area contributed by atoms with Gasteiger partial charge in [-0.3, -0.25) is 0 Å². The standard InChI is InChI=1S/C19H24F2O/c1-3-5-15-12-18(20)17(19(21)13-15)11-8-14-6-9-16(10-7-14)22-4-2/h12-14,16H,3-7,9-10H2,1-2H3. The Kier molecular flexibility index (Phi) is 6.39. The molecular weight excluding hydrogens is 282 g/mol. The highest BCUT2D eigenvalue weighted by Crippen LogP contribution is 2.26. The molecule has 120 valence electrons. The van der Waals surface area contributed by atoms with Crippen LogP contribution in [0.25, 0.3) is 0 Å². The third-order valence-electron chi connectivity index (χ3n) is 4.12. The van der Waals surface area contributed by atoms with Crippen molar-refractivity contribution in [2.24, 2.45) is 5.92 Å². The molecule has 0 radical (unpaired) electrons. The minimum Gasteiger partial charge on any atom is -0.379 e. The summed E-state index contributed by atoms with van der Waals surface area (Å²) < 4.78 is 33.6. The van der Waals surface area contributed by atoms with Crippen molar-refractivity contribution in [2.75, 3.05) is 6.61 Å². The van der Waals surface area contributed by atoms with Gasteiger partial charge < -0.3 is 4.74 Å². The number of ether oxygens (including phenoxy) is 1. The van der Waals surface area contributed by atoms with E-state index in [0.717, 1.165) is 38.7 Å². The van der Waals surface area contributed by atoms with Crippen molar-refractivity contribution >= 4 is 0 Å². The van der Waals surface area contributed by atoms with Gasteiger partial charge in [-0.15, -0.1) is 0 Å². The van der Waals surface area contributed by atoms with E-state index in [1.165, 1.54) is 12.1 Å². The first-order chi connectivity index (χ1) is 10.6. The van der Waals surface area contributed by atoms with E-state index in [1.807, 2.05) is 13.8 Å². The number of halogens is 2. The van der Waals surface area contributed by atoms with Crippen LogP contribution in [0.1, 0.15) is 57.1 Å². The molecule has 0 spiro atoms. The highest BCUT2D eigenvalue weighted by Gasteiger charge is 2.20. The van der Waals surface area contributed by atoms with Crippen molar-refractivity contribution in [3.05, 3.63) is 34.9 Å². The maximum atomic E-state index is 14.0. The van der Waals surface area contributed by atoms with Crippen molar-refractivity contribution in [2.45, 2.75) is 58.5 Å². The molecule has 1 nitrogen and oxygen atoms in total. The Morgan fingerprint density at radius 3 is 2.27 bits per heavy atom. The van der Waals surface area contributed by atoms with Gasteiger partial charge in [-0.2, -0.15) is 0 Å². The lowest BCUT2D eigenvalue weighted by molar-refractivity contribution is 0.0310. The summed E-state index contributed by atoms with van der Waals surface area (Å²) in [6, 6.07) is 2.81. The summed E-state index contributed by atoms with van der Waals surface area (Å²) in [6.45, 7) is 4.73. The van der Waals surface area contributed by atoms with Crippen molar-refractivity contribution in [3.63, 3.8) is 0 Å². The summed E-state index contributed by atoms with van der Waals surface area (Å²) in [5.74, 6) is 4.90. The van der Waals surface area contributed by atoms with Gasteiger partial charge in [0, 0.05) is 12.5 Å². The van der Waals surface area contributed by atoms with Gasteiger partial charge in [-0.05, 0) is 56.7 Å². The number of hydrogen-bond donors (Lipinski definition) is 0. The molecule has 0 amide bonds. The molecule has 1 aliphatic carbocycles. The summed E-state index contributed by atoms with van der Waals surface area (Å²) >= 11 is 0. The zero-order chi connectivity index (χ0) is 15.9. The zero-order valence-electron chi connectivity index (χ0n) is 13.4. The summed E-state index contributed by atoms with van der Waals surface area (Å²) in [7, 11) is 0. The van der Waals surface area contributed by atoms with Crippen LogP contribution >= 0.6 is 0 Å². The predicted molar refractivity (Wildman–Crippen MR) is 84.6 cm³/mol. The van der Waals surface area contributed by atoms with Crippen LogP contribution in [0.4, 0.5) is 8.78 Å². The van der Waals surface area contributed by atoms with E-state index in [1.54, 1.807) is 0 Å². The van der Waals surface area contributed by atoms with Crippen LogP contribution in [-0.4, -0.2) is 12.7 Å². The smallest absolute Gasteiger partial charge is 0.142 e. The molecule has 0 N–H and O–H groups in total. The normalized spacial score (nSPS) is 21.3. The minimum atomic E-state index is -0.543. The molecule has 0 aliphatic heterocycles. The van der Waals surface area contributed by atoms with Crippen LogP contribution in [0.15, 0.2) is 12.1 Å². The Labute approximate surface area is 132 Å². The van der Waals surface area contributed by atoms with Gasteiger partial charge in [0.1, 0.15) is 11.6 Å². The van der Waals surface area contributed by atoms with Gasteiger partial charge in [0.05, 0.1) is 11.7 Å². The summed E-state index contributed by atoms with van der Waals surface area (Å²) in [4.78, 5) is 0. The molecule has 1 fully saturated rings. The van der Waals surface area contributed by atoms with E-state index in [0.29, 0.717) is 18.1 Å². The van der Waals surface area contributed by atoms with Crippen molar-refractivity contribution in [3.8, 4) is 11.8 Å². The van der Waals surface area contributed by atoms with Crippen molar-refractivity contribution in [1.82, 2.24) is 0 Å². The lowest BCUT2D eigenvalue weighted by Crippen LogP contribution is -2.20. The lowest BCUT2D eigenvalue weighted by atomic mass is 9.87. The average Bonchev–Trinajstić information content (AvgIpc) is 2.49. The Balaban J connectivity index is 2.03. The van der Waals surface area contributed by atoms with E-state index in [2.05, 4.69) is 11.8 Å². The summed E-state index contributed by atoms with van der Waals surface area (Å²) in [5.41, 5.74) is 0.604. The first-order valence-electron chi connectivity index (χ1n) is 8.25. The molecule has 1 aromatic rings. The number of rotatable bonds is 4. The largest absolute Gasteiger partial charge is 0.379 e. The molecule has 2 rings (SSSR count). The Morgan fingerprint density at radius 1 is 1.09 bits per heavy atom. The highest BCUT2D eigenvalue weighted by molar-refractivity contribution is 5.39. The number of aryl methyl sites for hydroxylation is 1. The van der Waals surface area contributed by atoms with Crippen molar-refractivity contribution in [1.29, 1.82) is 0 Å². The second-order valence-electron chi connectivity index (χ2n) is 5.88.